The molecule has 1 aliphatic carbocycles. The highest BCUT2D eigenvalue weighted by atomic mass is 19.3. The number of aromatic nitrogens is 2. The summed E-state index contributed by atoms with van der Waals surface area (Å²) in [7, 11) is 0. The molecule has 0 spiro atoms. The molecule has 1 aliphatic heterocycles. The van der Waals surface area contributed by atoms with E-state index in [0.29, 0.717) is 12.1 Å². The first-order chi connectivity index (χ1) is 15.8. The smallest absolute Gasteiger partial charge is 0.248 e. The molecule has 2 heterocycles. The second kappa shape index (κ2) is 10.3. The number of amides is 1. The van der Waals surface area contributed by atoms with Gasteiger partial charge in [0.05, 0.1) is 6.04 Å². The van der Waals surface area contributed by atoms with Gasteiger partial charge in [-0.1, -0.05) is 30.3 Å². The second-order valence-corrected chi connectivity index (χ2v) is 9.84. The van der Waals surface area contributed by atoms with Gasteiger partial charge in [0.25, 0.3) is 0 Å². The molecule has 2 fully saturated rings. The third kappa shape index (κ3) is 5.99. The highest BCUT2D eigenvalue weighted by Crippen LogP contribution is 2.36. The maximum atomic E-state index is 13.5. The second-order valence-electron chi connectivity index (χ2n) is 9.84. The molecule has 7 heteroatoms. The Morgan fingerprint density at radius 3 is 2.42 bits per heavy atom. The molecule has 2 aromatic rings. The average molecular weight is 459 g/mol. The summed E-state index contributed by atoms with van der Waals surface area (Å²) in [4.78, 5) is 19.8. The molecule has 180 valence electrons. The lowest BCUT2D eigenvalue weighted by molar-refractivity contribution is -0.130. The fraction of sp³-hybridized carbons (Fsp3) is 0.615. The Morgan fingerprint density at radius 1 is 1.15 bits per heavy atom. The first-order valence-corrected chi connectivity index (χ1v) is 12.3. The minimum absolute atomic E-state index is 0.0826. The van der Waals surface area contributed by atoms with E-state index in [0.717, 1.165) is 43.7 Å². The van der Waals surface area contributed by atoms with Crippen molar-refractivity contribution in [3.8, 4) is 0 Å². The van der Waals surface area contributed by atoms with Gasteiger partial charge in [-0.15, -0.1) is 0 Å². The number of aryl methyl sites for hydroxylation is 1. The zero-order chi connectivity index (χ0) is 23.4. The van der Waals surface area contributed by atoms with E-state index in [1.807, 2.05) is 36.5 Å². The number of piperidine rings is 1. The standard InChI is InChI=1S/C26H36F2N4O/c1-19(31-15-10-23(11-16-31)32-17-14-29-20(32)2)18-24(21-6-4-3-5-7-21)30-25(33)22-8-12-26(27,28)13-9-22/h3-7,14,17,19,22-24H,8-13,15-16,18H2,1-2H3,(H,30,33)/t19?,24-/m0/s1. The maximum absolute atomic E-state index is 13.5. The van der Waals surface area contributed by atoms with E-state index in [1.165, 1.54) is 0 Å². The van der Waals surface area contributed by atoms with Crippen LogP contribution < -0.4 is 5.32 Å². The van der Waals surface area contributed by atoms with Crippen molar-refractivity contribution in [2.24, 2.45) is 5.92 Å². The van der Waals surface area contributed by atoms with Crippen LogP contribution in [0.25, 0.3) is 0 Å². The first-order valence-electron chi connectivity index (χ1n) is 12.3. The zero-order valence-corrected chi connectivity index (χ0v) is 19.7. The number of carbonyl (C=O) groups is 1. The summed E-state index contributed by atoms with van der Waals surface area (Å²) in [5.41, 5.74) is 1.07. The molecule has 1 unspecified atom stereocenters. The van der Waals surface area contributed by atoms with Gasteiger partial charge in [-0.3, -0.25) is 4.79 Å². The molecule has 2 atom stereocenters. The predicted octanol–water partition coefficient (Wildman–Crippen LogP) is 5.29. The van der Waals surface area contributed by atoms with Gasteiger partial charge >= 0.3 is 0 Å². The molecule has 33 heavy (non-hydrogen) atoms. The van der Waals surface area contributed by atoms with Crippen molar-refractivity contribution in [2.75, 3.05) is 13.1 Å². The van der Waals surface area contributed by atoms with Gasteiger partial charge in [-0.05, 0) is 51.5 Å². The van der Waals surface area contributed by atoms with Crippen LogP contribution in [0.1, 0.15) is 75.3 Å². The molecule has 1 N–H and O–H groups in total. The Hall–Kier alpha value is -2.28. The van der Waals surface area contributed by atoms with Crippen LogP contribution >= 0.6 is 0 Å². The summed E-state index contributed by atoms with van der Waals surface area (Å²) in [5.74, 6) is -1.96. The minimum atomic E-state index is -2.62. The van der Waals surface area contributed by atoms with Gasteiger partial charge in [0.1, 0.15) is 5.82 Å². The molecule has 4 rings (SSSR count). The Balaban J connectivity index is 1.36. The number of nitrogens with zero attached hydrogens (tertiary/aromatic N) is 3. The van der Waals surface area contributed by atoms with Gasteiger partial charge < -0.3 is 14.8 Å². The third-order valence-electron chi connectivity index (χ3n) is 7.56. The molecule has 2 aliphatic rings. The maximum Gasteiger partial charge on any atom is 0.248 e. The van der Waals surface area contributed by atoms with Crippen LogP contribution in [0.4, 0.5) is 8.78 Å². The van der Waals surface area contributed by atoms with Crippen LogP contribution in [-0.2, 0) is 4.79 Å². The Kier molecular flexibility index (Phi) is 7.47. The Bertz CT molecular complexity index is 898. The van der Waals surface area contributed by atoms with Crippen LogP contribution in [0.3, 0.4) is 0 Å². The number of imidazole rings is 1. The van der Waals surface area contributed by atoms with Crippen molar-refractivity contribution >= 4 is 5.91 Å². The van der Waals surface area contributed by atoms with Gasteiger partial charge in [0.15, 0.2) is 0 Å². The van der Waals surface area contributed by atoms with Crippen LogP contribution in [0, 0.1) is 12.8 Å². The van der Waals surface area contributed by atoms with Crippen molar-refractivity contribution in [3.63, 3.8) is 0 Å². The van der Waals surface area contributed by atoms with Crippen LogP contribution in [-0.4, -0.2) is 45.4 Å². The number of hydrogen-bond acceptors (Lipinski definition) is 3. The van der Waals surface area contributed by atoms with E-state index in [2.05, 4.69) is 39.8 Å². The number of hydrogen-bond donors (Lipinski definition) is 1. The number of alkyl halides is 2. The summed E-state index contributed by atoms with van der Waals surface area (Å²) in [6, 6.07) is 10.7. The fourth-order valence-corrected chi connectivity index (χ4v) is 5.42. The SMILES string of the molecule is Cc1nccn1C1CCN(C(C)C[C@H](NC(=O)C2CCC(F)(F)CC2)c2ccccc2)CC1. The molecule has 1 aromatic heterocycles. The number of halogens is 2. The number of benzene rings is 1. The summed E-state index contributed by atoms with van der Waals surface area (Å²) < 4.78 is 29.4. The van der Waals surface area contributed by atoms with Crippen molar-refractivity contribution < 1.29 is 13.6 Å². The summed E-state index contributed by atoms with van der Waals surface area (Å²) >= 11 is 0. The number of rotatable bonds is 7. The molecule has 0 bridgehead atoms. The van der Waals surface area contributed by atoms with Crippen LogP contribution in [0.5, 0.6) is 0 Å². The summed E-state index contributed by atoms with van der Waals surface area (Å²) in [6.07, 6.45) is 7.04. The molecule has 1 saturated carbocycles. The lowest BCUT2D eigenvalue weighted by atomic mass is 9.85. The quantitative estimate of drug-likeness (QED) is 0.613. The zero-order valence-electron chi connectivity index (χ0n) is 19.7. The topological polar surface area (TPSA) is 50.2 Å². The molecule has 5 nitrogen and oxygen atoms in total. The summed E-state index contributed by atoms with van der Waals surface area (Å²) in [5, 5.41) is 3.22. The van der Waals surface area contributed by atoms with Crippen molar-refractivity contribution in [1.82, 2.24) is 19.8 Å². The van der Waals surface area contributed by atoms with Crippen LogP contribution in [0.15, 0.2) is 42.7 Å². The normalized spacial score (nSPS) is 22.1. The van der Waals surface area contributed by atoms with E-state index in [4.69, 9.17) is 0 Å². The monoisotopic (exact) mass is 458 g/mol. The highest BCUT2D eigenvalue weighted by molar-refractivity contribution is 5.79. The van der Waals surface area contributed by atoms with Gasteiger partial charge in [-0.25, -0.2) is 13.8 Å². The number of carbonyl (C=O) groups excluding carboxylic acids is 1. The number of likely N-dealkylation sites (tertiary alicyclic amines) is 1. The van der Waals surface area contributed by atoms with Gasteiger partial charge in [0.2, 0.25) is 11.8 Å². The molecule has 1 aromatic carbocycles. The Labute approximate surface area is 195 Å². The first kappa shape index (κ1) is 23.9. The summed E-state index contributed by atoms with van der Waals surface area (Å²) in [6.45, 7) is 6.30. The molecular formula is C26H36F2N4O. The lowest BCUT2D eigenvalue weighted by Crippen LogP contribution is -2.44. The fourth-order valence-electron chi connectivity index (χ4n) is 5.42. The van der Waals surface area contributed by atoms with E-state index in [9.17, 15) is 13.6 Å². The largest absolute Gasteiger partial charge is 0.349 e. The van der Waals surface area contributed by atoms with Crippen molar-refractivity contribution in [1.29, 1.82) is 0 Å². The lowest BCUT2D eigenvalue weighted by Gasteiger charge is -2.38. The molecule has 1 amide bonds. The van der Waals surface area contributed by atoms with Gasteiger partial charge in [0, 0.05) is 56.3 Å². The number of nitrogens with one attached hydrogen (secondary N) is 1. The predicted molar refractivity (Wildman–Crippen MR) is 125 cm³/mol. The van der Waals surface area contributed by atoms with E-state index >= 15 is 0 Å². The third-order valence-corrected chi connectivity index (χ3v) is 7.56. The molecular weight excluding hydrogens is 422 g/mol. The van der Waals surface area contributed by atoms with E-state index < -0.39 is 5.92 Å². The molecule has 0 radical (unpaired) electrons. The minimum Gasteiger partial charge on any atom is -0.349 e. The Morgan fingerprint density at radius 2 is 1.82 bits per heavy atom. The van der Waals surface area contributed by atoms with Gasteiger partial charge in [-0.2, -0.15) is 0 Å². The highest BCUT2D eigenvalue weighted by Gasteiger charge is 2.38. The van der Waals surface area contributed by atoms with E-state index in [-0.39, 0.29) is 43.6 Å². The molecule has 1 saturated heterocycles. The van der Waals surface area contributed by atoms with Crippen LogP contribution in [0.2, 0.25) is 0 Å². The van der Waals surface area contributed by atoms with Crippen molar-refractivity contribution in [3.05, 3.63) is 54.1 Å². The van der Waals surface area contributed by atoms with E-state index in [1.54, 1.807) is 0 Å². The average Bonchev–Trinajstić information content (AvgIpc) is 3.25. The van der Waals surface area contributed by atoms with Crippen molar-refractivity contribution in [2.45, 2.75) is 82.8 Å².